The first-order valence-corrected chi connectivity index (χ1v) is 8.81. The minimum absolute atomic E-state index is 0.777. The van der Waals surface area contributed by atoms with Gasteiger partial charge in [-0.1, -0.05) is 12.1 Å². The van der Waals surface area contributed by atoms with Crippen molar-refractivity contribution in [2.24, 2.45) is 0 Å². The van der Waals surface area contributed by atoms with Gasteiger partial charge in [-0.2, -0.15) is 0 Å². The van der Waals surface area contributed by atoms with Crippen molar-refractivity contribution in [2.75, 3.05) is 7.11 Å². The van der Waals surface area contributed by atoms with E-state index in [1.807, 2.05) is 48.7 Å². The third kappa shape index (κ3) is 2.56. The lowest BCUT2D eigenvalue weighted by Crippen LogP contribution is -1.89. The summed E-state index contributed by atoms with van der Waals surface area (Å²) in [5.41, 5.74) is 6.04. The summed E-state index contributed by atoms with van der Waals surface area (Å²) in [6.07, 6.45) is 2.03. The van der Waals surface area contributed by atoms with Crippen LogP contribution in [0.3, 0.4) is 0 Å². The zero-order valence-electron chi connectivity index (χ0n) is 15.1. The van der Waals surface area contributed by atoms with Crippen molar-refractivity contribution in [1.29, 1.82) is 0 Å². The van der Waals surface area contributed by atoms with E-state index in [0.29, 0.717) is 0 Å². The maximum absolute atomic E-state index is 5.27. The summed E-state index contributed by atoms with van der Waals surface area (Å²) in [6, 6.07) is 20.2. The van der Waals surface area contributed by atoms with Gasteiger partial charge in [0.05, 0.1) is 23.7 Å². The first kappa shape index (κ1) is 15.6. The van der Waals surface area contributed by atoms with Gasteiger partial charge in [0.25, 0.3) is 0 Å². The Bertz CT molecular complexity index is 1260. The van der Waals surface area contributed by atoms with Crippen LogP contribution >= 0.6 is 0 Å². The van der Waals surface area contributed by atoms with Gasteiger partial charge in [-0.25, -0.2) is 9.97 Å². The highest BCUT2D eigenvalue weighted by molar-refractivity contribution is 5.84. The van der Waals surface area contributed by atoms with Crippen LogP contribution in [0.25, 0.3) is 39.5 Å². The highest BCUT2D eigenvalue weighted by atomic mass is 16.5. The summed E-state index contributed by atoms with van der Waals surface area (Å²) in [4.78, 5) is 13.1. The number of aryl methyl sites for hydroxylation is 1. The minimum Gasteiger partial charge on any atom is -0.497 e. The molecule has 0 aliphatic carbocycles. The average Bonchev–Trinajstić information content (AvgIpc) is 3.29. The number of rotatable bonds is 3. The molecule has 0 amide bonds. The van der Waals surface area contributed by atoms with Gasteiger partial charge in [-0.15, -0.1) is 0 Å². The predicted octanol–water partition coefficient (Wildman–Crippen LogP) is 4.86. The highest BCUT2D eigenvalue weighted by Crippen LogP contribution is 2.30. The molecule has 0 saturated carbocycles. The number of methoxy groups -OCH3 is 1. The van der Waals surface area contributed by atoms with E-state index >= 15 is 0 Å². The van der Waals surface area contributed by atoms with Crippen molar-refractivity contribution < 1.29 is 4.74 Å². The summed E-state index contributed by atoms with van der Waals surface area (Å²) in [6.45, 7) is 2.08. The Kier molecular flexibility index (Phi) is 3.47. The zero-order chi connectivity index (χ0) is 18.4. The third-order valence-electron chi connectivity index (χ3n) is 4.76. The monoisotopic (exact) mass is 354 g/mol. The summed E-state index contributed by atoms with van der Waals surface area (Å²) in [5, 5.41) is 0. The number of ether oxygens (including phenoxy) is 1. The van der Waals surface area contributed by atoms with Crippen LogP contribution in [0.15, 0.2) is 66.9 Å². The lowest BCUT2D eigenvalue weighted by molar-refractivity contribution is 0.415. The number of aromatic nitrogens is 4. The second kappa shape index (κ2) is 5.99. The Labute approximate surface area is 156 Å². The van der Waals surface area contributed by atoms with E-state index in [9.17, 15) is 0 Å². The number of nitrogens with zero attached hydrogens (tertiary/aromatic N) is 3. The summed E-state index contributed by atoms with van der Waals surface area (Å²) >= 11 is 0. The Morgan fingerprint density at radius 2 is 1.81 bits per heavy atom. The van der Waals surface area contributed by atoms with Crippen LogP contribution in [0.2, 0.25) is 0 Å². The summed E-state index contributed by atoms with van der Waals surface area (Å²) < 4.78 is 7.36. The molecular formula is C22H18N4O. The van der Waals surface area contributed by atoms with Gasteiger partial charge >= 0.3 is 0 Å². The van der Waals surface area contributed by atoms with Gasteiger partial charge < -0.3 is 9.72 Å². The Hall–Kier alpha value is -3.60. The van der Waals surface area contributed by atoms with Gasteiger partial charge in [0.2, 0.25) is 0 Å². The number of nitrogens with one attached hydrogen (secondary N) is 1. The number of fused-ring (bicyclic) bond motifs is 2. The number of H-pyrrole nitrogens is 1. The molecule has 3 aromatic heterocycles. The van der Waals surface area contributed by atoms with Gasteiger partial charge in [0.1, 0.15) is 17.3 Å². The Morgan fingerprint density at radius 3 is 2.63 bits per heavy atom. The van der Waals surface area contributed by atoms with Crippen LogP contribution in [0.5, 0.6) is 5.75 Å². The van der Waals surface area contributed by atoms with Crippen molar-refractivity contribution in [3.05, 3.63) is 72.4 Å². The number of benzene rings is 2. The molecule has 0 bridgehead atoms. The predicted molar refractivity (Wildman–Crippen MR) is 107 cm³/mol. The largest absolute Gasteiger partial charge is 0.497 e. The lowest BCUT2D eigenvalue weighted by atomic mass is 10.2. The van der Waals surface area contributed by atoms with Crippen molar-refractivity contribution in [2.45, 2.75) is 6.92 Å². The van der Waals surface area contributed by atoms with E-state index in [0.717, 1.165) is 45.2 Å². The van der Waals surface area contributed by atoms with E-state index in [-0.39, 0.29) is 0 Å². The second-order valence-corrected chi connectivity index (χ2v) is 6.57. The maximum atomic E-state index is 5.27. The minimum atomic E-state index is 0.777. The molecular weight excluding hydrogens is 336 g/mol. The molecule has 0 atom stereocenters. The highest BCUT2D eigenvalue weighted by Gasteiger charge is 2.17. The molecule has 2 aromatic carbocycles. The number of hydrogen-bond donors (Lipinski definition) is 1. The van der Waals surface area contributed by atoms with E-state index in [2.05, 4.69) is 34.5 Å². The molecule has 132 valence electrons. The zero-order valence-corrected chi connectivity index (χ0v) is 15.1. The topological polar surface area (TPSA) is 55.2 Å². The fourth-order valence-corrected chi connectivity index (χ4v) is 3.39. The van der Waals surface area contributed by atoms with E-state index in [4.69, 9.17) is 14.7 Å². The summed E-state index contributed by atoms with van der Waals surface area (Å²) in [5.74, 6) is 2.48. The van der Waals surface area contributed by atoms with Crippen molar-refractivity contribution >= 4 is 16.6 Å². The smallest absolute Gasteiger partial charge is 0.159 e. The normalized spacial score (nSPS) is 11.3. The van der Waals surface area contributed by atoms with Crippen LogP contribution in [-0.4, -0.2) is 26.5 Å². The standard InChI is InChI=1S/C22H18N4O/c1-14-6-11-17-18(13-14)24-21(23-17)20-19-5-3-4-12-26(19)22(25-20)15-7-9-16(27-2)10-8-15/h3-13H,1-2H3,(H,23,24). The lowest BCUT2D eigenvalue weighted by Gasteiger charge is -2.03. The Morgan fingerprint density at radius 1 is 0.963 bits per heavy atom. The Balaban J connectivity index is 1.72. The van der Waals surface area contributed by atoms with Crippen LogP contribution < -0.4 is 4.74 Å². The van der Waals surface area contributed by atoms with Crippen molar-refractivity contribution in [3.8, 4) is 28.7 Å². The molecule has 0 aliphatic heterocycles. The van der Waals surface area contributed by atoms with E-state index in [1.165, 1.54) is 5.56 Å². The molecule has 0 spiro atoms. The molecule has 27 heavy (non-hydrogen) atoms. The fourth-order valence-electron chi connectivity index (χ4n) is 3.39. The molecule has 5 aromatic rings. The number of imidazole rings is 2. The van der Waals surface area contributed by atoms with Crippen LogP contribution in [0, 0.1) is 6.92 Å². The quantitative estimate of drug-likeness (QED) is 0.503. The van der Waals surface area contributed by atoms with E-state index < -0.39 is 0 Å². The van der Waals surface area contributed by atoms with Crippen molar-refractivity contribution in [1.82, 2.24) is 19.4 Å². The fraction of sp³-hybridized carbons (Fsp3) is 0.0909. The first-order chi connectivity index (χ1) is 13.2. The third-order valence-corrected chi connectivity index (χ3v) is 4.76. The molecule has 3 heterocycles. The first-order valence-electron chi connectivity index (χ1n) is 8.81. The van der Waals surface area contributed by atoms with Crippen LogP contribution in [-0.2, 0) is 0 Å². The number of pyridine rings is 1. The molecule has 0 fully saturated rings. The van der Waals surface area contributed by atoms with E-state index in [1.54, 1.807) is 7.11 Å². The van der Waals surface area contributed by atoms with Gasteiger partial charge in [-0.05, 0) is 61.0 Å². The maximum Gasteiger partial charge on any atom is 0.159 e. The molecule has 0 saturated heterocycles. The SMILES string of the molecule is COc1ccc(-c2nc(-c3nc4ccc(C)cc4[nH]3)c3ccccn23)cc1. The molecule has 0 radical (unpaired) electrons. The number of aromatic amines is 1. The molecule has 0 aliphatic rings. The molecule has 5 nitrogen and oxygen atoms in total. The number of hydrogen-bond acceptors (Lipinski definition) is 3. The van der Waals surface area contributed by atoms with Gasteiger partial charge in [0.15, 0.2) is 5.82 Å². The average molecular weight is 354 g/mol. The molecule has 1 N–H and O–H groups in total. The summed E-state index contributed by atoms with van der Waals surface area (Å²) in [7, 11) is 1.67. The van der Waals surface area contributed by atoms with Gasteiger partial charge in [-0.3, -0.25) is 4.40 Å². The van der Waals surface area contributed by atoms with Crippen LogP contribution in [0.1, 0.15) is 5.56 Å². The van der Waals surface area contributed by atoms with Crippen LogP contribution in [0.4, 0.5) is 0 Å². The van der Waals surface area contributed by atoms with Gasteiger partial charge in [0, 0.05) is 11.8 Å². The van der Waals surface area contributed by atoms with Crippen molar-refractivity contribution in [3.63, 3.8) is 0 Å². The molecule has 0 unspecified atom stereocenters. The molecule has 5 heteroatoms. The second-order valence-electron chi connectivity index (χ2n) is 6.57. The molecule has 5 rings (SSSR count).